The maximum absolute atomic E-state index is 13.9. The topological polar surface area (TPSA) is 65.8 Å². The van der Waals surface area contributed by atoms with Gasteiger partial charge < -0.3 is 5.32 Å². The number of amides is 1. The molecule has 0 aliphatic rings. The number of halogens is 4. The van der Waals surface area contributed by atoms with Crippen LogP contribution in [-0.2, 0) is 0 Å². The van der Waals surface area contributed by atoms with E-state index in [0.29, 0.717) is 21.3 Å². The molecular formula is C20H11Cl3FN3O. The molecule has 0 aliphatic carbocycles. The van der Waals surface area contributed by atoms with Crippen molar-refractivity contribution in [2.45, 2.75) is 6.04 Å². The van der Waals surface area contributed by atoms with Crippen LogP contribution >= 0.6 is 34.8 Å². The summed E-state index contributed by atoms with van der Waals surface area (Å²) in [5.41, 5.74) is 0.952. The van der Waals surface area contributed by atoms with E-state index < -0.39 is 17.8 Å². The van der Waals surface area contributed by atoms with Crippen LogP contribution in [0.1, 0.15) is 33.2 Å². The summed E-state index contributed by atoms with van der Waals surface area (Å²) in [6.45, 7) is 0. The van der Waals surface area contributed by atoms with Gasteiger partial charge in [0.1, 0.15) is 11.9 Å². The Morgan fingerprint density at radius 3 is 2.39 bits per heavy atom. The third-order valence-electron chi connectivity index (χ3n) is 3.94. The SMILES string of the molecule is N#Cc1ccc(C(=O)NC(c2ccc(Cl)cc2)c2ncc(Cl)cc2Cl)cc1F. The Bertz CT molecular complexity index is 1080. The molecule has 0 saturated heterocycles. The van der Waals surface area contributed by atoms with Crippen molar-refractivity contribution in [1.29, 1.82) is 5.26 Å². The van der Waals surface area contributed by atoms with E-state index >= 15 is 0 Å². The van der Waals surface area contributed by atoms with Crippen molar-refractivity contribution in [3.05, 3.63) is 98.0 Å². The molecule has 4 nitrogen and oxygen atoms in total. The highest BCUT2D eigenvalue weighted by Crippen LogP contribution is 2.29. The summed E-state index contributed by atoms with van der Waals surface area (Å²) in [4.78, 5) is 17.0. The first-order valence-electron chi connectivity index (χ1n) is 7.96. The molecule has 1 aromatic heterocycles. The Morgan fingerprint density at radius 2 is 1.79 bits per heavy atom. The second kappa shape index (κ2) is 8.57. The zero-order chi connectivity index (χ0) is 20.3. The minimum Gasteiger partial charge on any atom is -0.339 e. The molecule has 1 amide bonds. The first-order valence-corrected chi connectivity index (χ1v) is 9.09. The molecule has 28 heavy (non-hydrogen) atoms. The number of rotatable bonds is 4. The van der Waals surface area contributed by atoms with Gasteiger partial charge >= 0.3 is 0 Å². The van der Waals surface area contributed by atoms with Crippen LogP contribution in [0.5, 0.6) is 0 Å². The molecule has 1 heterocycles. The molecule has 0 aliphatic heterocycles. The molecule has 0 saturated carbocycles. The number of pyridine rings is 1. The summed E-state index contributed by atoms with van der Waals surface area (Å²) < 4.78 is 13.9. The van der Waals surface area contributed by atoms with Gasteiger partial charge in [-0.15, -0.1) is 0 Å². The number of carbonyl (C=O) groups is 1. The van der Waals surface area contributed by atoms with E-state index in [1.54, 1.807) is 30.3 Å². The number of hydrogen-bond acceptors (Lipinski definition) is 3. The van der Waals surface area contributed by atoms with Crippen LogP contribution in [0, 0.1) is 17.1 Å². The fourth-order valence-corrected chi connectivity index (χ4v) is 3.18. The minimum absolute atomic E-state index is 0.0561. The molecule has 3 rings (SSSR count). The van der Waals surface area contributed by atoms with E-state index in [1.165, 1.54) is 24.4 Å². The first-order chi connectivity index (χ1) is 13.4. The molecule has 0 radical (unpaired) electrons. The Kier molecular flexibility index (Phi) is 6.15. The van der Waals surface area contributed by atoms with E-state index in [9.17, 15) is 9.18 Å². The van der Waals surface area contributed by atoms with Crippen molar-refractivity contribution in [2.75, 3.05) is 0 Å². The van der Waals surface area contributed by atoms with E-state index in [-0.39, 0.29) is 16.1 Å². The zero-order valence-corrected chi connectivity index (χ0v) is 16.4. The van der Waals surface area contributed by atoms with Crippen molar-refractivity contribution in [1.82, 2.24) is 10.3 Å². The minimum atomic E-state index is -0.777. The van der Waals surface area contributed by atoms with E-state index in [4.69, 9.17) is 40.1 Å². The van der Waals surface area contributed by atoms with Crippen LogP contribution in [0.2, 0.25) is 15.1 Å². The average molecular weight is 435 g/mol. The van der Waals surface area contributed by atoms with Gasteiger partial charge in [-0.3, -0.25) is 9.78 Å². The fraction of sp³-hybridized carbons (Fsp3) is 0.0500. The van der Waals surface area contributed by atoms with Gasteiger partial charge in [0.2, 0.25) is 0 Å². The quantitative estimate of drug-likeness (QED) is 0.583. The molecule has 1 unspecified atom stereocenters. The number of benzene rings is 2. The predicted molar refractivity (Wildman–Crippen MR) is 106 cm³/mol. The molecule has 2 aromatic carbocycles. The molecular weight excluding hydrogens is 424 g/mol. The van der Waals surface area contributed by atoms with Gasteiger partial charge in [0.15, 0.2) is 0 Å². The van der Waals surface area contributed by atoms with Gasteiger partial charge in [-0.2, -0.15) is 5.26 Å². The van der Waals surface area contributed by atoms with Crippen LogP contribution in [-0.4, -0.2) is 10.9 Å². The van der Waals surface area contributed by atoms with Gasteiger partial charge in [0.25, 0.3) is 5.91 Å². The van der Waals surface area contributed by atoms with Gasteiger partial charge in [-0.05, 0) is 42.0 Å². The highest BCUT2D eigenvalue weighted by molar-refractivity contribution is 6.34. The van der Waals surface area contributed by atoms with Crippen LogP contribution < -0.4 is 5.32 Å². The Labute approximate surface area is 175 Å². The predicted octanol–water partition coefficient (Wildman–Crippen LogP) is 5.57. The normalized spacial score (nSPS) is 11.5. The van der Waals surface area contributed by atoms with Crippen molar-refractivity contribution in [3.8, 4) is 6.07 Å². The fourth-order valence-electron chi connectivity index (χ4n) is 2.56. The van der Waals surface area contributed by atoms with Crippen LogP contribution in [0.15, 0.2) is 54.7 Å². The number of aromatic nitrogens is 1. The Morgan fingerprint density at radius 1 is 1.07 bits per heavy atom. The molecule has 1 atom stereocenters. The lowest BCUT2D eigenvalue weighted by Gasteiger charge is -2.20. The van der Waals surface area contributed by atoms with Crippen molar-refractivity contribution in [3.63, 3.8) is 0 Å². The summed E-state index contributed by atoms with van der Waals surface area (Å²) in [5, 5.41) is 12.8. The summed E-state index contributed by atoms with van der Waals surface area (Å²) >= 11 is 18.1. The number of nitrogens with zero attached hydrogens (tertiary/aromatic N) is 2. The molecule has 3 aromatic rings. The molecule has 8 heteroatoms. The second-order valence-corrected chi connectivity index (χ2v) is 7.07. The lowest BCUT2D eigenvalue weighted by molar-refractivity contribution is 0.0942. The Balaban J connectivity index is 1.99. The summed E-state index contributed by atoms with van der Waals surface area (Å²) in [6.07, 6.45) is 1.42. The van der Waals surface area contributed by atoms with Crippen molar-refractivity contribution >= 4 is 40.7 Å². The molecule has 0 bridgehead atoms. The van der Waals surface area contributed by atoms with Gasteiger partial charge in [0.05, 0.1) is 27.3 Å². The van der Waals surface area contributed by atoms with Crippen molar-refractivity contribution < 1.29 is 9.18 Å². The standard InChI is InChI=1S/C20H11Cl3FN3O/c21-14-5-3-11(4-6-14)18(19-16(23)8-15(22)10-26-19)27-20(28)12-1-2-13(9-25)17(24)7-12/h1-8,10,18H,(H,27,28). The van der Waals surface area contributed by atoms with Crippen LogP contribution in [0.25, 0.3) is 0 Å². The van der Waals surface area contributed by atoms with E-state index in [2.05, 4.69) is 10.3 Å². The molecule has 140 valence electrons. The largest absolute Gasteiger partial charge is 0.339 e. The third kappa shape index (κ3) is 4.42. The van der Waals surface area contributed by atoms with Gasteiger partial charge in [0, 0.05) is 16.8 Å². The highest BCUT2D eigenvalue weighted by atomic mass is 35.5. The summed E-state index contributed by atoms with van der Waals surface area (Å²) in [5.74, 6) is -1.34. The van der Waals surface area contributed by atoms with Gasteiger partial charge in [-0.25, -0.2) is 4.39 Å². The number of nitriles is 1. The number of hydrogen-bond donors (Lipinski definition) is 1. The number of nitrogens with one attached hydrogen (secondary N) is 1. The van der Waals surface area contributed by atoms with Gasteiger partial charge in [-0.1, -0.05) is 46.9 Å². The Hall–Kier alpha value is -2.65. The monoisotopic (exact) mass is 433 g/mol. The highest BCUT2D eigenvalue weighted by Gasteiger charge is 2.22. The van der Waals surface area contributed by atoms with Crippen molar-refractivity contribution in [2.24, 2.45) is 0 Å². The molecule has 1 N–H and O–H groups in total. The second-order valence-electron chi connectivity index (χ2n) is 5.79. The lowest BCUT2D eigenvalue weighted by atomic mass is 10.0. The average Bonchev–Trinajstić information content (AvgIpc) is 2.67. The third-order valence-corrected chi connectivity index (χ3v) is 4.70. The first kappa shape index (κ1) is 20.1. The van der Waals surface area contributed by atoms with Crippen LogP contribution in [0.3, 0.4) is 0 Å². The maximum Gasteiger partial charge on any atom is 0.252 e. The van der Waals surface area contributed by atoms with Crippen LogP contribution in [0.4, 0.5) is 4.39 Å². The summed E-state index contributed by atoms with van der Waals surface area (Å²) in [6, 6.07) is 12.9. The lowest BCUT2D eigenvalue weighted by Crippen LogP contribution is -2.30. The van der Waals surface area contributed by atoms with E-state index in [0.717, 1.165) is 6.07 Å². The number of carbonyl (C=O) groups excluding carboxylic acids is 1. The van der Waals surface area contributed by atoms with E-state index in [1.807, 2.05) is 0 Å². The summed E-state index contributed by atoms with van der Waals surface area (Å²) in [7, 11) is 0. The molecule has 0 spiro atoms. The maximum atomic E-state index is 13.9. The smallest absolute Gasteiger partial charge is 0.252 e. The molecule has 0 fully saturated rings. The zero-order valence-electron chi connectivity index (χ0n) is 14.1.